The van der Waals surface area contributed by atoms with E-state index in [-0.39, 0.29) is 6.10 Å². The summed E-state index contributed by atoms with van der Waals surface area (Å²) in [5.74, 6) is 1.57. The lowest BCUT2D eigenvalue weighted by atomic mass is 10.0. The summed E-state index contributed by atoms with van der Waals surface area (Å²) in [7, 11) is 1.67. The number of nitrogens with zero attached hydrogens (tertiary/aromatic N) is 2. The van der Waals surface area contributed by atoms with Crippen LogP contribution in [-0.2, 0) is 0 Å². The summed E-state index contributed by atoms with van der Waals surface area (Å²) < 4.78 is 11.6. The molecule has 0 N–H and O–H groups in total. The molecule has 0 amide bonds. The number of ether oxygens (including phenoxy) is 2. The number of aromatic nitrogens is 2. The molecule has 0 aliphatic rings. The smallest absolute Gasteiger partial charge is 0.131 e. The van der Waals surface area contributed by atoms with Gasteiger partial charge < -0.3 is 9.47 Å². The van der Waals surface area contributed by atoms with Crippen LogP contribution >= 0.6 is 0 Å². The Morgan fingerprint density at radius 3 is 2.08 bits per heavy atom. The second-order valence-corrected chi connectivity index (χ2v) is 6.42. The summed E-state index contributed by atoms with van der Waals surface area (Å²) in [4.78, 5) is 9.47. The van der Waals surface area contributed by atoms with Gasteiger partial charge in [-0.1, -0.05) is 24.3 Å². The van der Waals surface area contributed by atoms with E-state index >= 15 is 0 Å². The van der Waals surface area contributed by atoms with Crippen LogP contribution in [0.2, 0.25) is 0 Å². The number of benzene rings is 3. The first-order valence-electron chi connectivity index (χ1n) is 8.66. The Balaban J connectivity index is 1.92. The van der Waals surface area contributed by atoms with Gasteiger partial charge in [-0.15, -0.1) is 0 Å². The standard InChI is InChI=1S/C22H20N2O2/c1-14(2)26-21-10-6-9-20(25-3)22(21)15-11-12-18-19(13-15)24-17-8-5-4-7-16(17)23-18/h4-14H,1-3H3. The van der Waals surface area contributed by atoms with Gasteiger partial charge in [0, 0.05) is 0 Å². The van der Waals surface area contributed by atoms with Crippen LogP contribution in [0.4, 0.5) is 0 Å². The zero-order chi connectivity index (χ0) is 18.1. The first-order chi connectivity index (χ1) is 12.7. The maximum absolute atomic E-state index is 6.01. The van der Waals surface area contributed by atoms with E-state index in [1.807, 2.05) is 74.5 Å². The number of rotatable bonds is 4. The lowest BCUT2D eigenvalue weighted by Crippen LogP contribution is -2.07. The van der Waals surface area contributed by atoms with Crippen molar-refractivity contribution >= 4 is 22.1 Å². The van der Waals surface area contributed by atoms with Crippen molar-refractivity contribution in [2.45, 2.75) is 20.0 Å². The Bertz CT molecular complexity index is 1090. The normalized spacial score (nSPS) is 11.2. The van der Waals surface area contributed by atoms with Gasteiger partial charge in [-0.3, -0.25) is 0 Å². The van der Waals surface area contributed by atoms with E-state index < -0.39 is 0 Å². The van der Waals surface area contributed by atoms with Gasteiger partial charge in [0.25, 0.3) is 0 Å². The molecule has 0 radical (unpaired) electrons. The predicted octanol–water partition coefficient (Wildman–Crippen LogP) is 5.25. The second-order valence-electron chi connectivity index (χ2n) is 6.42. The topological polar surface area (TPSA) is 44.2 Å². The van der Waals surface area contributed by atoms with Crippen molar-refractivity contribution < 1.29 is 9.47 Å². The van der Waals surface area contributed by atoms with Gasteiger partial charge in [0.05, 0.1) is 40.8 Å². The number of hydrogen-bond donors (Lipinski definition) is 0. The molecule has 130 valence electrons. The molecule has 0 bridgehead atoms. The van der Waals surface area contributed by atoms with Crippen molar-refractivity contribution in [2.24, 2.45) is 0 Å². The maximum atomic E-state index is 6.01. The fraction of sp³-hybridized carbons (Fsp3) is 0.182. The molecule has 4 nitrogen and oxygen atoms in total. The first-order valence-corrected chi connectivity index (χ1v) is 8.66. The average molecular weight is 344 g/mol. The molecule has 0 spiro atoms. The van der Waals surface area contributed by atoms with Crippen LogP contribution < -0.4 is 9.47 Å². The zero-order valence-corrected chi connectivity index (χ0v) is 15.1. The Labute approximate surface area is 152 Å². The van der Waals surface area contributed by atoms with Crippen molar-refractivity contribution in [3.8, 4) is 22.6 Å². The molecule has 3 aromatic carbocycles. The number of fused-ring (bicyclic) bond motifs is 2. The highest BCUT2D eigenvalue weighted by molar-refractivity contribution is 5.90. The Morgan fingerprint density at radius 2 is 1.38 bits per heavy atom. The summed E-state index contributed by atoms with van der Waals surface area (Å²) in [6.45, 7) is 4.03. The summed E-state index contributed by atoms with van der Waals surface area (Å²) in [6.07, 6.45) is 0.0741. The molecule has 0 aliphatic heterocycles. The van der Waals surface area contributed by atoms with Crippen LogP contribution in [0, 0.1) is 0 Å². The summed E-state index contributed by atoms with van der Waals surface area (Å²) in [5, 5.41) is 0. The van der Waals surface area contributed by atoms with E-state index in [0.717, 1.165) is 44.7 Å². The molecule has 0 fully saturated rings. The molecule has 1 aromatic heterocycles. The SMILES string of the molecule is COc1cccc(OC(C)C)c1-c1ccc2nc3ccccc3nc2c1. The minimum Gasteiger partial charge on any atom is -0.496 e. The van der Waals surface area contributed by atoms with Crippen molar-refractivity contribution in [3.05, 3.63) is 60.7 Å². The fourth-order valence-electron chi connectivity index (χ4n) is 3.09. The van der Waals surface area contributed by atoms with Gasteiger partial charge in [-0.25, -0.2) is 9.97 Å². The molecule has 4 aromatic rings. The second kappa shape index (κ2) is 6.64. The van der Waals surface area contributed by atoms with Crippen LogP contribution in [0.25, 0.3) is 33.2 Å². The van der Waals surface area contributed by atoms with Crippen molar-refractivity contribution in [3.63, 3.8) is 0 Å². The van der Waals surface area contributed by atoms with E-state index in [1.165, 1.54) is 0 Å². The fourth-order valence-corrected chi connectivity index (χ4v) is 3.09. The molecule has 0 saturated heterocycles. The van der Waals surface area contributed by atoms with Crippen LogP contribution in [0.5, 0.6) is 11.5 Å². The van der Waals surface area contributed by atoms with Gasteiger partial charge in [-0.2, -0.15) is 0 Å². The predicted molar refractivity (Wildman–Crippen MR) is 105 cm³/mol. The van der Waals surface area contributed by atoms with Crippen molar-refractivity contribution in [1.29, 1.82) is 0 Å². The summed E-state index contributed by atoms with van der Waals surface area (Å²) in [5.41, 5.74) is 5.43. The van der Waals surface area contributed by atoms with Crippen molar-refractivity contribution in [2.75, 3.05) is 7.11 Å². The van der Waals surface area contributed by atoms with Gasteiger partial charge >= 0.3 is 0 Å². The Hall–Kier alpha value is -3.14. The third-order valence-corrected chi connectivity index (χ3v) is 4.20. The van der Waals surface area contributed by atoms with E-state index in [4.69, 9.17) is 19.4 Å². The van der Waals surface area contributed by atoms with Crippen LogP contribution in [0.1, 0.15) is 13.8 Å². The molecule has 4 rings (SSSR count). The molecule has 0 atom stereocenters. The number of hydrogen-bond acceptors (Lipinski definition) is 4. The van der Waals surface area contributed by atoms with Crippen LogP contribution in [-0.4, -0.2) is 23.2 Å². The van der Waals surface area contributed by atoms with E-state index in [2.05, 4.69) is 0 Å². The Morgan fingerprint density at radius 1 is 0.731 bits per heavy atom. The summed E-state index contributed by atoms with van der Waals surface area (Å²) >= 11 is 0. The first kappa shape index (κ1) is 16.3. The zero-order valence-electron chi connectivity index (χ0n) is 15.1. The molecular formula is C22H20N2O2. The molecule has 4 heteroatoms. The Kier molecular flexibility index (Phi) is 4.17. The minimum absolute atomic E-state index is 0.0741. The largest absolute Gasteiger partial charge is 0.496 e. The van der Waals surface area contributed by atoms with E-state index in [9.17, 15) is 0 Å². The number of para-hydroxylation sites is 2. The molecule has 1 heterocycles. The minimum atomic E-state index is 0.0741. The highest BCUT2D eigenvalue weighted by Gasteiger charge is 2.15. The molecular weight excluding hydrogens is 324 g/mol. The lowest BCUT2D eigenvalue weighted by Gasteiger charge is -2.17. The monoisotopic (exact) mass is 344 g/mol. The molecule has 0 aliphatic carbocycles. The lowest BCUT2D eigenvalue weighted by molar-refractivity contribution is 0.242. The van der Waals surface area contributed by atoms with Crippen molar-refractivity contribution in [1.82, 2.24) is 9.97 Å². The van der Waals surface area contributed by atoms with E-state index in [1.54, 1.807) is 7.11 Å². The number of methoxy groups -OCH3 is 1. The highest BCUT2D eigenvalue weighted by Crippen LogP contribution is 2.39. The quantitative estimate of drug-likeness (QED) is 0.475. The average Bonchev–Trinajstić information content (AvgIpc) is 2.65. The van der Waals surface area contributed by atoms with Gasteiger partial charge in [-0.05, 0) is 55.8 Å². The van der Waals surface area contributed by atoms with Crippen LogP contribution in [0.15, 0.2) is 60.7 Å². The van der Waals surface area contributed by atoms with E-state index in [0.29, 0.717) is 0 Å². The summed E-state index contributed by atoms with van der Waals surface area (Å²) in [6, 6.07) is 19.8. The molecule has 26 heavy (non-hydrogen) atoms. The third-order valence-electron chi connectivity index (χ3n) is 4.20. The molecule has 0 unspecified atom stereocenters. The van der Waals surface area contributed by atoms with Crippen LogP contribution in [0.3, 0.4) is 0 Å². The van der Waals surface area contributed by atoms with Gasteiger partial charge in [0.2, 0.25) is 0 Å². The highest BCUT2D eigenvalue weighted by atomic mass is 16.5. The maximum Gasteiger partial charge on any atom is 0.131 e. The van der Waals surface area contributed by atoms with Gasteiger partial charge in [0.1, 0.15) is 11.5 Å². The molecule has 0 saturated carbocycles. The van der Waals surface area contributed by atoms with Gasteiger partial charge in [0.15, 0.2) is 0 Å². The third kappa shape index (κ3) is 2.94.